The molecule has 1 atom stereocenters. The molecule has 0 aromatic heterocycles. The molecule has 0 saturated carbocycles. The van der Waals surface area contributed by atoms with E-state index in [0.29, 0.717) is 16.6 Å². The first kappa shape index (κ1) is 15.1. The van der Waals surface area contributed by atoms with Gasteiger partial charge in [0.15, 0.2) is 0 Å². The zero-order valence-corrected chi connectivity index (χ0v) is 14.1. The molecule has 19 heavy (non-hydrogen) atoms. The third-order valence-electron chi connectivity index (χ3n) is 3.38. The lowest BCUT2D eigenvalue weighted by Gasteiger charge is -2.27. The summed E-state index contributed by atoms with van der Waals surface area (Å²) in [6.45, 7) is 1.77. The lowest BCUT2D eigenvalue weighted by molar-refractivity contribution is 0.0716. The van der Waals surface area contributed by atoms with Gasteiger partial charge >= 0.3 is 0 Å². The van der Waals surface area contributed by atoms with Crippen LogP contribution < -0.4 is 0 Å². The first-order valence-electron chi connectivity index (χ1n) is 6.40. The van der Waals surface area contributed by atoms with Crippen LogP contribution >= 0.6 is 34.2 Å². The molecule has 1 unspecified atom stereocenters. The van der Waals surface area contributed by atoms with Gasteiger partial charge in [-0.15, -0.1) is 0 Å². The molecular weight excluding hydrogens is 375 g/mol. The van der Waals surface area contributed by atoms with Crippen LogP contribution in [0.15, 0.2) is 18.2 Å². The minimum absolute atomic E-state index is 0.0997. The predicted octanol–water partition coefficient (Wildman–Crippen LogP) is 3.11. The summed E-state index contributed by atoms with van der Waals surface area (Å²) in [5.41, 5.74) is 0.691. The molecule has 1 amide bonds. The molecule has 2 rings (SSSR count). The molecule has 1 heterocycles. The van der Waals surface area contributed by atoms with Crippen molar-refractivity contribution in [2.75, 3.05) is 27.2 Å². The molecule has 1 fully saturated rings. The van der Waals surface area contributed by atoms with E-state index in [1.54, 1.807) is 6.07 Å². The van der Waals surface area contributed by atoms with E-state index in [9.17, 15) is 4.79 Å². The maximum absolute atomic E-state index is 12.5. The highest BCUT2D eigenvalue weighted by molar-refractivity contribution is 14.1. The van der Waals surface area contributed by atoms with E-state index in [1.165, 1.54) is 0 Å². The lowest BCUT2D eigenvalue weighted by atomic mass is 10.1. The van der Waals surface area contributed by atoms with Crippen LogP contribution in [0.3, 0.4) is 0 Å². The van der Waals surface area contributed by atoms with Crippen LogP contribution in [-0.2, 0) is 0 Å². The van der Waals surface area contributed by atoms with E-state index in [2.05, 4.69) is 27.5 Å². The van der Waals surface area contributed by atoms with Gasteiger partial charge in [0.25, 0.3) is 5.91 Å². The standard InChI is InChI=1S/C14H18ClIN2O/c1-17(2)9-11-4-3-7-18(11)14(19)10-5-6-13(16)12(15)8-10/h5-6,8,11H,3-4,7,9H2,1-2H3. The second-order valence-corrected chi connectivity index (χ2v) is 6.76. The molecule has 0 spiro atoms. The number of hydrogen-bond acceptors (Lipinski definition) is 2. The van der Waals surface area contributed by atoms with Crippen LogP contribution in [0.25, 0.3) is 0 Å². The second-order valence-electron chi connectivity index (χ2n) is 5.19. The summed E-state index contributed by atoms with van der Waals surface area (Å²) in [7, 11) is 4.09. The van der Waals surface area contributed by atoms with E-state index < -0.39 is 0 Å². The van der Waals surface area contributed by atoms with E-state index in [1.807, 2.05) is 31.1 Å². The number of rotatable bonds is 3. The van der Waals surface area contributed by atoms with Crippen molar-refractivity contribution < 1.29 is 4.79 Å². The molecule has 1 aliphatic rings. The van der Waals surface area contributed by atoms with Gasteiger partial charge < -0.3 is 9.80 Å². The van der Waals surface area contributed by atoms with Crippen LogP contribution in [0.4, 0.5) is 0 Å². The van der Waals surface area contributed by atoms with Crippen LogP contribution in [-0.4, -0.2) is 48.9 Å². The van der Waals surface area contributed by atoms with Crippen LogP contribution in [0.1, 0.15) is 23.2 Å². The fourth-order valence-electron chi connectivity index (χ4n) is 2.51. The van der Waals surface area contributed by atoms with Gasteiger partial charge in [-0.1, -0.05) is 11.6 Å². The highest BCUT2D eigenvalue weighted by Gasteiger charge is 2.29. The van der Waals surface area contributed by atoms with Gasteiger partial charge in [-0.2, -0.15) is 0 Å². The Balaban J connectivity index is 2.16. The summed E-state index contributed by atoms with van der Waals surface area (Å²) < 4.78 is 0.974. The number of carbonyl (C=O) groups is 1. The smallest absolute Gasteiger partial charge is 0.254 e. The molecule has 104 valence electrons. The molecule has 0 aliphatic carbocycles. The first-order valence-corrected chi connectivity index (χ1v) is 7.85. The van der Waals surface area contributed by atoms with Crippen molar-refractivity contribution in [1.29, 1.82) is 0 Å². The summed E-state index contributed by atoms with van der Waals surface area (Å²) in [4.78, 5) is 16.7. The van der Waals surface area contributed by atoms with Gasteiger partial charge in [0, 0.05) is 28.3 Å². The molecule has 1 aromatic carbocycles. The number of carbonyl (C=O) groups excluding carboxylic acids is 1. The highest BCUT2D eigenvalue weighted by atomic mass is 127. The number of nitrogens with zero attached hydrogens (tertiary/aromatic N) is 2. The zero-order chi connectivity index (χ0) is 14.0. The Kier molecular flexibility index (Phi) is 5.09. The highest BCUT2D eigenvalue weighted by Crippen LogP contribution is 2.24. The van der Waals surface area contributed by atoms with Crippen molar-refractivity contribution >= 4 is 40.1 Å². The van der Waals surface area contributed by atoms with E-state index in [-0.39, 0.29) is 5.91 Å². The molecule has 0 N–H and O–H groups in total. The van der Waals surface area contributed by atoms with E-state index in [4.69, 9.17) is 11.6 Å². The largest absolute Gasteiger partial charge is 0.334 e. The van der Waals surface area contributed by atoms with Crippen molar-refractivity contribution in [3.8, 4) is 0 Å². The number of likely N-dealkylation sites (N-methyl/N-ethyl adjacent to an activating group) is 1. The maximum Gasteiger partial charge on any atom is 0.254 e. The number of likely N-dealkylation sites (tertiary alicyclic amines) is 1. The maximum atomic E-state index is 12.5. The third kappa shape index (κ3) is 3.61. The number of halogens is 2. The topological polar surface area (TPSA) is 23.6 Å². The minimum Gasteiger partial charge on any atom is -0.334 e. The second kappa shape index (κ2) is 6.41. The van der Waals surface area contributed by atoms with Gasteiger partial charge in [-0.3, -0.25) is 4.79 Å². The summed E-state index contributed by atoms with van der Waals surface area (Å²) >= 11 is 8.27. The summed E-state index contributed by atoms with van der Waals surface area (Å²) in [6, 6.07) is 5.85. The first-order chi connectivity index (χ1) is 8.99. The summed E-state index contributed by atoms with van der Waals surface area (Å²) in [6.07, 6.45) is 2.17. The lowest BCUT2D eigenvalue weighted by Crippen LogP contribution is -2.41. The Morgan fingerprint density at radius 2 is 2.26 bits per heavy atom. The predicted molar refractivity (Wildman–Crippen MR) is 86.8 cm³/mol. The Bertz CT molecular complexity index is 479. The number of benzene rings is 1. The SMILES string of the molecule is CN(C)CC1CCCN1C(=O)c1ccc(I)c(Cl)c1. The van der Waals surface area contributed by atoms with Crippen molar-refractivity contribution in [3.05, 3.63) is 32.4 Å². The van der Waals surface area contributed by atoms with E-state index >= 15 is 0 Å². The third-order valence-corrected chi connectivity index (χ3v) is 4.95. The van der Waals surface area contributed by atoms with Crippen LogP contribution in [0.5, 0.6) is 0 Å². The van der Waals surface area contributed by atoms with Crippen molar-refractivity contribution in [3.63, 3.8) is 0 Å². The summed E-state index contributed by atoms with van der Waals surface area (Å²) in [5, 5.41) is 0.648. The number of hydrogen-bond donors (Lipinski definition) is 0. The van der Waals surface area contributed by atoms with Gasteiger partial charge in [-0.25, -0.2) is 0 Å². The van der Waals surface area contributed by atoms with Gasteiger partial charge in [0.2, 0.25) is 0 Å². The molecule has 1 saturated heterocycles. The summed E-state index contributed by atoms with van der Waals surface area (Å²) in [5.74, 6) is 0.0997. The molecule has 1 aliphatic heterocycles. The fraction of sp³-hybridized carbons (Fsp3) is 0.500. The van der Waals surface area contributed by atoms with Crippen molar-refractivity contribution in [2.45, 2.75) is 18.9 Å². The normalized spacial score (nSPS) is 19.2. The van der Waals surface area contributed by atoms with Gasteiger partial charge in [-0.05, 0) is 67.7 Å². The Morgan fingerprint density at radius 1 is 1.53 bits per heavy atom. The Labute approximate surface area is 133 Å². The van der Waals surface area contributed by atoms with Crippen molar-refractivity contribution in [2.24, 2.45) is 0 Å². The van der Waals surface area contributed by atoms with Gasteiger partial charge in [0.05, 0.1) is 5.02 Å². The molecule has 0 bridgehead atoms. The van der Waals surface area contributed by atoms with Crippen LogP contribution in [0, 0.1) is 3.57 Å². The molecule has 1 aromatic rings. The molecule has 5 heteroatoms. The van der Waals surface area contributed by atoms with E-state index in [0.717, 1.165) is 29.5 Å². The average Bonchev–Trinajstić information content (AvgIpc) is 2.79. The van der Waals surface area contributed by atoms with Gasteiger partial charge in [0.1, 0.15) is 0 Å². The quantitative estimate of drug-likeness (QED) is 0.738. The minimum atomic E-state index is 0.0997. The monoisotopic (exact) mass is 392 g/mol. The Morgan fingerprint density at radius 3 is 2.89 bits per heavy atom. The molecular formula is C14H18ClIN2O. The van der Waals surface area contributed by atoms with Crippen molar-refractivity contribution in [1.82, 2.24) is 9.80 Å². The Hall–Kier alpha value is -0.330. The van der Waals surface area contributed by atoms with Crippen LogP contribution in [0.2, 0.25) is 5.02 Å². The molecule has 3 nitrogen and oxygen atoms in total. The average molecular weight is 393 g/mol. The fourth-order valence-corrected chi connectivity index (χ4v) is 3.03. The zero-order valence-electron chi connectivity index (χ0n) is 11.2. The molecule has 0 radical (unpaired) electrons. The number of amides is 1.